The Kier molecular flexibility index (Phi) is 3.48. The summed E-state index contributed by atoms with van der Waals surface area (Å²) in [6.07, 6.45) is 6.54. The molecule has 0 saturated carbocycles. The van der Waals surface area contributed by atoms with Crippen LogP contribution < -0.4 is 5.32 Å². The van der Waals surface area contributed by atoms with Gasteiger partial charge >= 0.3 is 0 Å². The van der Waals surface area contributed by atoms with Crippen molar-refractivity contribution in [1.29, 1.82) is 0 Å². The number of thioether (sulfide) groups is 1. The van der Waals surface area contributed by atoms with Crippen molar-refractivity contribution in [3.8, 4) is 0 Å². The number of hydrogen-bond donors (Lipinski definition) is 1. The summed E-state index contributed by atoms with van der Waals surface area (Å²) >= 11 is 2.10. The van der Waals surface area contributed by atoms with Crippen LogP contribution in [0.2, 0.25) is 0 Å². The van der Waals surface area contributed by atoms with Crippen LogP contribution in [0.5, 0.6) is 0 Å². The minimum atomic E-state index is 0.836. The Morgan fingerprint density at radius 1 is 1.71 bits per heavy atom. The van der Waals surface area contributed by atoms with E-state index in [-0.39, 0.29) is 0 Å². The van der Waals surface area contributed by atoms with Gasteiger partial charge in [-0.15, -0.1) is 0 Å². The summed E-state index contributed by atoms with van der Waals surface area (Å²) in [5.74, 6) is 1.35. The lowest BCUT2D eigenvalue weighted by molar-refractivity contribution is 0.624. The Bertz CT molecular complexity index is 279. The first-order valence-electron chi connectivity index (χ1n) is 5.14. The molecular formula is C10H17N3S. The molecule has 4 heteroatoms. The zero-order valence-electron chi connectivity index (χ0n) is 8.57. The van der Waals surface area contributed by atoms with Crippen LogP contribution in [0, 0.1) is 0 Å². The topological polar surface area (TPSA) is 29.9 Å². The Morgan fingerprint density at radius 3 is 3.29 bits per heavy atom. The summed E-state index contributed by atoms with van der Waals surface area (Å²) < 4.78 is 2.06. The van der Waals surface area contributed by atoms with E-state index in [2.05, 4.69) is 26.6 Å². The lowest BCUT2D eigenvalue weighted by Crippen LogP contribution is -2.23. The molecule has 0 radical (unpaired) electrons. The van der Waals surface area contributed by atoms with Crippen LogP contribution in [-0.2, 0) is 13.6 Å². The van der Waals surface area contributed by atoms with E-state index < -0.39 is 0 Å². The largest absolute Gasteiger partial charge is 0.337 e. The highest BCUT2D eigenvalue weighted by Gasteiger charge is 2.14. The van der Waals surface area contributed by atoms with E-state index in [1.165, 1.54) is 24.3 Å². The van der Waals surface area contributed by atoms with E-state index in [1.54, 1.807) is 0 Å². The molecular weight excluding hydrogens is 194 g/mol. The molecule has 14 heavy (non-hydrogen) atoms. The van der Waals surface area contributed by atoms with Crippen LogP contribution in [0.15, 0.2) is 12.5 Å². The number of nitrogens with zero attached hydrogens (tertiary/aromatic N) is 2. The number of aryl methyl sites for hydroxylation is 1. The molecule has 0 spiro atoms. The summed E-state index contributed by atoms with van der Waals surface area (Å²) in [4.78, 5) is 4.09. The van der Waals surface area contributed by atoms with Gasteiger partial charge in [-0.05, 0) is 18.6 Å². The molecule has 2 heterocycles. The van der Waals surface area contributed by atoms with E-state index in [4.69, 9.17) is 0 Å². The van der Waals surface area contributed by atoms with Crippen LogP contribution in [-0.4, -0.2) is 27.1 Å². The second-order valence-electron chi connectivity index (χ2n) is 3.76. The molecule has 0 aliphatic carbocycles. The fraction of sp³-hybridized carbons (Fsp3) is 0.700. The summed E-state index contributed by atoms with van der Waals surface area (Å²) in [6, 6.07) is 0. The lowest BCUT2D eigenvalue weighted by atomic mass is 10.2. The molecule has 1 atom stereocenters. The Morgan fingerprint density at radius 2 is 2.64 bits per heavy atom. The van der Waals surface area contributed by atoms with Crippen molar-refractivity contribution >= 4 is 11.8 Å². The third kappa shape index (κ3) is 2.51. The SMILES string of the molecule is Cn1cncc1CNCC1CCCS1. The summed E-state index contributed by atoms with van der Waals surface area (Å²) in [5.41, 5.74) is 1.26. The molecule has 0 aromatic carbocycles. The lowest BCUT2D eigenvalue weighted by Gasteiger charge is -2.09. The van der Waals surface area contributed by atoms with Gasteiger partial charge in [0, 0.05) is 31.6 Å². The molecule has 0 bridgehead atoms. The van der Waals surface area contributed by atoms with Crippen molar-refractivity contribution in [1.82, 2.24) is 14.9 Å². The second-order valence-corrected chi connectivity index (χ2v) is 5.17. The molecule has 1 unspecified atom stereocenters. The normalized spacial score (nSPS) is 21.6. The molecule has 3 nitrogen and oxygen atoms in total. The van der Waals surface area contributed by atoms with Crippen LogP contribution >= 0.6 is 11.8 Å². The molecule has 1 aliphatic rings. The maximum Gasteiger partial charge on any atom is 0.0945 e. The average molecular weight is 211 g/mol. The highest BCUT2D eigenvalue weighted by atomic mass is 32.2. The maximum atomic E-state index is 4.09. The van der Waals surface area contributed by atoms with Gasteiger partial charge < -0.3 is 9.88 Å². The van der Waals surface area contributed by atoms with E-state index in [0.717, 1.165) is 18.3 Å². The van der Waals surface area contributed by atoms with Gasteiger partial charge in [-0.1, -0.05) is 0 Å². The molecule has 78 valence electrons. The molecule has 1 aromatic rings. The number of nitrogens with one attached hydrogen (secondary N) is 1. The first kappa shape index (κ1) is 10.1. The molecule has 1 saturated heterocycles. The van der Waals surface area contributed by atoms with Crippen molar-refractivity contribution in [2.45, 2.75) is 24.6 Å². The minimum Gasteiger partial charge on any atom is -0.337 e. The van der Waals surface area contributed by atoms with Gasteiger partial charge in [0.15, 0.2) is 0 Å². The zero-order chi connectivity index (χ0) is 9.80. The second kappa shape index (κ2) is 4.84. The molecule has 1 aliphatic heterocycles. The van der Waals surface area contributed by atoms with Crippen molar-refractivity contribution in [2.24, 2.45) is 7.05 Å². The van der Waals surface area contributed by atoms with Gasteiger partial charge in [-0.3, -0.25) is 0 Å². The number of aromatic nitrogens is 2. The number of imidazole rings is 1. The van der Waals surface area contributed by atoms with Crippen LogP contribution in [0.3, 0.4) is 0 Å². The van der Waals surface area contributed by atoms with Gasteiger partial charge in [-0.25, -0.2) is 4.98 Å². The highest BCUT2D eigenvalue weighted by molar-refractivity contribution is 8.00. The highest BCUT2D eigenvalue weighted by Crippen LogP contribution is 2.25. The molecule has 0 amide bonds. The third-order valence-corrected chi connectivity index (χ3v) is 4.02. The Balaban J connectivity index is 1.70. The van der Waals surface area contributed by atoms with Gasteiger partial charge in [0.05, 0.1) is 12.0 Å². The molecule has 1 aromatic heterocycles. The maximum absolute atomic E-state index is 4.09. The standard InChI is InChI=1S/C10H17N3S/c1-13-8-12-6-9(13)5-11-7-10-3-2-4-14-10/h6,8,10-11H,2-5,7H2,1H3. The zero-order valence-corrected chi connectivity index (χ0v) is 9.39. The van der Waals surface area contributed by atoms with E-state index in [0.29, 0.717) is 0 Å². The van der Waals surface area contributed by atoms with Gasteiger partial charge in [0.2, 0.25) is 0 Å². The van der Waals surface area contributed by atoms with Crippen molar-refractivity contribution in [2.75, 3.05) is 12.3 Å². The van der Waals surface area contributed by atoms with E-state index in [9.17, 15) is 0 Å². The molecule has 1 fully saturated rings. The van der Waals surface area contributed by atoms with Crippen LogP contribution in [0.25, 0.3) is 0 Å². The van der Waals surface area contributed by atoms with Gasteiger partial charge in [-0.2, -0.15) is 11.8 Å². The minimum absolute atomic E-state index is 0.836. The summed E-state index contributed by atoms with van der Waals surface area (Å²) in [6.45, 7) is 2.07. The summed E-state index contributed by atoms with van der Waals surface area (Å²) in [7, 11) is 2.04. The van der Waals surface area contributed by atoms with Crippen molar-refractivity contribution < 1.29 is 0 Å². The molecule has 2 rings (SSSR count). The van der Waals surface area contributed by atoms with E-state index >= 15 is 0 Å². The van der Waals surface area contributed by atoms with Crippen LogP contribution in [0.1, 0.15) is 18.5 Å². The predicted octanol–water partition coefficient (Wildman–Crippen LogP) is 1.41. The predicted molar refractivity (Wildman–Crippen MR) is 60.4 cm³/mol. The quantitative estimate of drug-likeness (QED) is 0.816. The number of hydrogen-bond acceptors (Lipinski definition) is 3. The first-order valence-corrected chi connectivity index (χ1v) is 6.18. The monoisotopic (exact) mass is 211 g/mol. The fourth-order valence-electron chi connectivity index (χ4n) is 1.72. The summed E-state index contributed by atoms with van der Waals surface area (Å²) in [5, 5.41) is 4.33. The van der Waals surface area contributed by atoms with Gasteiger partial charge in [0.25, 0.3) is 0 Å². The first-order chi connectivity index (χ1) is 6.86. The van der Waals surface area contributed by atoms with Crippen molar-refractivity contribution in [3.05, 3.63) is 18.2 Å². The fourth-order valence-corrected chi connectivity index (χ4v) is 2.96. The van der Waals surface area contributed by atoms with Crippen LogP contribution in [0.4, 0.5) is 0 Å². The average Bonchev–Trinajstić information content (AvgIpc) is 2.78. The van der Waals surface area contributed by atoms with Gasteiger partial charge in [0.1, 0.15) is 0 Å². The number of rotatable bonds is 4. The Hall–Kier alpha value is -0.480. The Labute approximate surface area is 89.3 Å². The van der Waals surface area contributed by atoms with Crippen molar-refractivity contribution in [3.63, 3.8) is 0 Å². The molecule has 1 N–H and O–H groups in total. The third-order valence-electron chi connectivity index (χ3n) is 2.62. The smallest absolute Gasteiger partial charge is 0.0945 e. The van der Waals surface area contributed by atoms with E-state index in [1.807, 2.05) is 19.6 Å².